The minimum Gasteiger partial charge on any atom is -0.453 e. The van der Waals surface area contributed by atoms with Gasteiger partial charge in [-0.15, -0.1) is 0 Å². The van der Waals surface area contributed by atoms with E-state index in [1.807, 2.05) is 13.8 Å². The summed E-state index contributed by atoms with van der Waals surface area (Å²) >= 11 is 5.93. The molecule has 0 saturated heterocycles. The third-order valence-corrected chi connectivity index (χ3v) is 3.70. The molecule has 108 valence electrons. The number of rotatable bonds is 6. The van der Waals surface area contributed by atoms with Crippen LogP contribution in [0.25, 0.3) is 11.0 Å². The molecule has 2 atom stereocenters. The average Bonchev–Trinajstić information content (AvgIpc) is 2.80. The molecule has 0 aliphatic carbocycles. The first-order valence-electron chi connectivity index (χ1n) is 6.96. The van der Waals surface area contributed by atoms with Crippen molar-refractivity contribution in [1.82, 2.24) is 0 Å². The van der Waals surface area contributed by atoms with E-state index in [0.717, 1.165) is 24.6 Å². The van der Waals surface area contributed by atoms with Crippen molar-refractivity contribution in [2.75, 3.05) is 0 Å². The van der Waals surface area contributed by atoms with Crippen molar-refractivity contribution in [2.24, 2.45) is 11.7 Å². The third-order valence-electron chi connectivity index (χ3n) is 3.47. The first-order chi connectivity index (χ1) is 9.47. The number of furan rings is 1. The van der Waals surface area contributed by atoms with Crippen molar-refractivity contribution in [3.63, 3.8) is 0 Å². The summed E-state index contributed by atoms with van der Waals surface area (Å²) in [5.41, 5.74) is 6.41. The minimum absolute atomic E-state index is 0.0435. The fraction of sp³-hybridized carbons (Fsp3) is 0.438. The number of fused-ring (bicyclic) bond motifs is 1. The smallest absolute Gasteiger partial charge is 0.200 e. The number of carbonyl (C=O) groups excluding carboxylic acids is 1. The molecule has 0 bridgehead atoms. The molecule has 0 amide bonds. The second-order valence-corrected chi connectivity index (χ2v) is 5.90. The standard InChI is InChI=1S/C16H20ClNO2/c1-10(4-3-5-11(2)18)16(19)15-9-12-8-13(17)6-7-14(12)20-15/h6-11H,3-5,18H2,1-2H3. The predicted molar refractivity (Wildman–Crippen MR) is 82.2 cm³/mol. The molecule has 0 aliphatic heterocycles. The van der Waals surface area contributed by atoms with Crippen LogP contribution in [0.3, 0.4) is 0 Å². The Morgan fingerprint density at radius 1 is 1.30 bits per heavy atom. The number of ketones is 1. The summed E-state index contributed by atoms with van der Waals surface area (Å²) in [4.78, 5) is 12.3. The maximum absolute atomic E-state index is 12.3. The van der Waals surface area contributed by atoms with Gasteiger partial charge in [-0.3, -0.25) is 4.79 Å². The molecule has 2 unspecified atom stereocenters. The molecule has 0 spiro atoms. The first kappa shape index (κ1) is 15.1. The molecule has 1 aromatic heterocycles. The molecule has 2 rings (SSSR count). The van der Waals surface area contributed by atoms with Crippen molar-refractivity contribution in [3.05, 3.63) is 35.0 Å². The van der Waals surface area contributed by atoms with E-state index in [2.05, 4.69) is 0 Å². The van der Waals surface area contributed by atoms with Crippen LogP contribution in [0.15, 0.2) is 28.7 Å². The Hall–Kier alpha value is -1.32. The second-order valence-electron chi connectivity index (χ2n) is 5.47. The van der Waals surface area contributed by atoms with Crippen LogP contribution in [0.2, 0.25) is 5.02 Å². The van der Waals surface area contributed by atoms with Crippen molar-refractivity contribution < 1.29 is 9.21 Å². The molecule has 2 N–H and O–H groups in total. The quantitative estimate of drug-likeness (QED) is 0.802. The number of nitrogens with two attached hydrogens (primary N) is 1. The molecule has 20 heavy (non-hydrogen) atoms. The molecule has 0 fully saturated rings. The lowest BCUT2D eigenvalue weighted by Gasteiger charge is -2.09. The van der Waals surface area contributed by atoms with Crippen molar-refractivity contribution in [2.45, 2.75) is 39.2 Å². The van der Waals surface area contributed by atoms with E-state index in [9.17, 15) is 4.79 Å². The number of hydrogen-bond acceptors (Lipinski definition) is 3. The van der Waals surface area contributed by atoms with E-state index in [-0.39, 0.29) is 17.7 Å². The molecule has 1 heterocycles. The lowest BCUT2D eigenvalue weighted by atomic mass is 9.96. The molecule has 0 saturated carbocycles. The molecular weight excluding hydrogens is 274 g/mol. The third kappa shape index (κ3) is 3.62. The van der Waals surface area contributed by atoms with Gasteiger partial charge in [0.05, 0.1) is 0 Å². The zero-order valence-corrected chi connectivity index (χ0v) is 12.6. The summed E-state index contributed by atoms with van der Waals surface area (Å²) in [6, 6.07) is 7.30. The van der Waals surface area contributed by atoms with Crippen molar-refractivity contribution in [3.8, 4) is 0 Å². The van der Waals surface area contributed by atoms with Crippen LogP contribution in [-0.4, -0.2) is 11.8 Å². The average molecular weight is 294 g/mol. The van der Waals surface area contributed by atoms with Crippen LogP contribution in [0.1, 0.15) is 43.7 Å². The number of hydrogen-bond donors (Lipinski definition) is 1. The Balaban J connectivity index is 2.06. The largest absolute Gasteiger partial charge is 0.453 e. The number of halogens is 1. The van der Waals surface area contributed by atoms with Crippen LogP contribution in [0.4, 0.5) is 0 Å². The minimum atomic E-state index is -0.0511. The zero-order chi connectivity index (χ0) is 14.7. The van der Waals surface area contributed by atoms with Crippen LogP contribution < -0.4 is 5.73 Å². The van der Waals surface area contributed by atoms with E-state index >= 15 is 0 Å². The van der Waals surface area contributed by atoms with Crippen LogP contribution >= 0.6 is 11.6 Å². The highest BCUT2D eigenvalue weighted by atomic mass is 35.5. The summed E-state index contributed by atoms with van der Waals surface area (Å²) in [7, 11) is 0. The summed E-state index contributed by atoms with van der Waals surface area (Å²) in [6.07, 6.45) is 2.72. The Labute approximate surface area is 124 Å². The van der Waals surface area contributed by atoms with Gasteiger partial charge < -0.3 is 10.2 Å². The van der Waals surface area contributed by atoms with Gasteiger partial charge in [0.25, 0.3) is 0 Å². The fourth-order valence-corrected chi connectivity index (χ4v) is 2.44. The van der Waals surface area contributed by atoms with Gasteiger partial charge in [0.1, 0.15) is 5.58 Å². The predicted octanol–water partition coefficient (Wildman–Crippen LogP) is 4.42. The Bertz CT molecular complexity index is 604. The number of Topliss-reactive ketones (excluding diaryl/α,β-unsaturated/α-hetero) is 1. The number of carbonyl (C=O) groups is 1. The molecule has 3 nitrogen and oxygen atoms in total. The van der Waals surface area contributed by atoms with Gasteiger partial charge in [-0.2, -0.15) is 0 Å². The van der Waals surface area contributed by atoms with Gasteiger partial charge in [-0.1, -0.05) is 24.9 Å². The lowest BCUT2D eigenvalue weighted by Crippen LogP contribution is -2.16. The zero-order valence-electron chi connectivity index (χ0n) is 11.9. The Morgan fingerprint density at radius 2 is 2.05 bits per heavy atom. The Kier molecular flexibility index (Phi) is 4.84. The van der Waals surface area contributed by atoms with Crippen LogP contribution in [0, 0.1) is 5.92 Å². The van der Waals surface area contributed by atoms with Gasteiger partial charge in [-0.05, 0) is 44.0 Å². The van der Waals surface area contributed by atoms with E-state index < -0.39 is 0 Å². The SMILES string of the molecule is CC(N)CCCC(C)C(=O)c1cc2cc(Cl)ccc2o1. The topological polar surface area (TPSA) is 56.2 Å². The van der Waals surface area contributed by atoms with E-state index in [1.165, 1.54) is 0 Å². The first-order valence-corrected chi connectivity index (χ1v) is 7.34. The van der Waals surface area contributed by atoms with E-state index in [4.69, 9.17) is 21.8 Å². The van der Waals surface area contributed by atoms with Crippen molar-refractivity contribution in [1.29, 1.82) is 0 Å². The fourth-order valence-electron chi connectivity index (χ4n) is 2.26. The van der Waals surface area contributed by atoms with E-state index in [0.29, 0.717) is 16.4 Å². The summed E-state index contributed by atoms with van der Waals surface area (Å²) < 4.78 is 5.60. The number of benzene rings is 1. The molecule has 0 radical (unpaired) electrons. The van der Waals surface area contributed by atoms with Crippen LogP contribution in [-0.2, 0) is 0 Å². The van der Waals surface area contributed by atoms with Crippen LogP contribution in [0.5, 0.6) is 0 Å². The van der Waals surface area contributed by atoms with Gasteiger partial charge in [0.15, 0.2) is 5.76 Å². The van der Waals surface area contributed by atoms with Gasteiger partial charge in [0, 0.05) is 22.4 Å². The highest BCUT2D eigenvalue weighted by Crippen LogP contribution is 2.25. The Morgan fingerprint density at radius 3 is 2.75 bits per heavy atom. The van der Waals surface area contributed by atoms with Crippen molar-refractivity contribution >= 4 is 28.4 Å². The van der Waals surface area contributed by atoms with E-state index in [1.54, 1.807) is 24.3 Å². The van der Waals surface area contributed by atoms with Gasteiger partial charge >= 0.3 is 0 Å². The maximum Gasteiger partial charge on any atom is 0.200 e. The highest BCUT2D eigenvalue weighted by molar-refractivity contribution is 6.31. The normalized spacial score (nSPS) is 14.4. The maximum atomic E-state index is 12.3. The van der Waals surface area contributed by atoms with Gasteiger partial charge in [-0.25, -0.2) is 0 Å². The highest BCUT2D eigenvalue weighted by Gasteiger charge is 2.19. The molecule has 0 aliphatic rings. The van der Waals surface area contributed by atoms with Gasteiger partial charge in [0.2, 0.25) is 5.78 Å². The monoisotopic (exact) mass is 293 g/mol. The summed E-state index contributed by atoms with van der Waals surface area (Å²) in [5.74, 6) is 0.405. The summed E-state index contributed by atoms with van der Waals surface area (Å²) in [6.45, 7) is 3.92. The lowest BCUT2D eigenvalue weighted by molar-refractivity contribution is 0.0896. The molecule has 4 heteroatoms. The molecule has 1 aromatic carbocycles. The molecular formula is C16H20ClNO2. The summed E-state index contributed by atoms with van der Waals surface area (Å²) in [5, 5.41) is 1.51. The second kappa shape index (κ2) is 6.42. The molecule has 2 aromatic rings.